The minimum absolute atomic E-state index is 0.565. The van der Waals surface area contributed by atoms with Gasteiger partial charge in [-0.3, -0.25) is 4.90 Å². The van der Waals surface area contributed by atoms with Gasteiger partial charge < -0.3 is 14.1 Å². The number of para-hydroxylation sites is 1. The number of aromatic nitrogens is 2. The number of thioether (sulfide) groups is 1. The van der Waals surface area contributed by atoms with E-state index in [0.29, 0.717) is 24.1 Å². The van der Waals surface area contributed by atoms with E-state index < -0.39 is 0 Å². The van der Waals surface area contributed by atoms with Crippen LogP contribution in [0.2, 0.25) is 0 Å². The van der Waals surface area contributed by atoms with Gasteiger partial charge in [-0.2, -0.15) is 0 Å². The van der Waals surface area contributed by atoms with Gasteiger partial charge in [0.15, 0.2) is 0 Å². The van der Waals surface area contributed by atoms with E-state index in [0.717, 1.165) is 49.7 Å². The molecular weight excluding hydrogens is 480 g/mol. The molecule has 0 unspecified atom stereocenters. The van der Waals surface area contributed by atoms with Crippen molar-refractivity contribution < 1.29 is 9.15 Å². The molecule has 0 saturated carbocycles. The average Bonchev–Trinajstić information content (AvgIpc) is 3.39. The van der Waals surface area contributed by atoms with E-state index in [9.17, 15) is 0 Å². The van der Waals surface area contributed by atoms with Crippen LogP contribution in [0.3, 0.4) is 0 Å². The molecule has 0 fully saturated rings. The number of ether oxygens (including phenoxy) is 1. The molecular formula is C30H36N4O2S. The largest absolute Gasteiger partial charge is 0.493 e. The standard InChI is InChI=1S/C30H36N4O2S/c1-33(2)18-9-19-34(22-25-10-5-3-6-11-25)23-26-14-16-27(17-15-26)30-32-31-29(36-30)24-37-21-20-35-28-12-7-4-8-13-28/h3-8,10-17H,9,18-24H2,1-2H3. The second kappa shape index (κ2) is 14.6. The van der Waals surface area contributed by atoms with Crippen molar-refractivity contribution >= 4 is 11.8 Å². The SMILES string of the molecule is CN(C)CCCN(Cc1ccccc1)Cc1ccc(-c2nnc(CSCCOc3ccccc3)o2)cc1. The molecule has 1 aromatic heterocycles. The average molecular weight is 517 g/mol. The maximum Gasteiger partial charge on any atom is 0.247 e. The van der Waals surface area contributed by atoms with Crippen molar-refractivity contribution in [3.05, 3.63) is 102 Å². The first-order valence-corrected chi connectivity index (χ1v) is 13.9. The van der Waals surface area contributed by atoms with E-state index in [1.54, 1.807) is 11.8 Å². The van der Waals surface area contributed by atoms with Crippen molar-refractivity contribution in [3.63, 3.8) is 0 Å². The highest BCUT2D eigenvalue weighted by Gasteiger charge is 2.11. The summed E-state index contributed by atoms with van der Waals surface area (Å²) in [5.41, 5.74) is 3.56. The van der Waals surface area contributed by atoms with Crippen molar-refractivity contribution in [1.29, 1.82) is 0 Å². The zero-order chi connectivity index (χ0) is 25.7. The lowest BCUT2D eigenvalue weighted by Gasteiger charge is -2.23. The predicted octanol–water partition coefficient (Wildman–Crippen LogP) is 6.00. The van der Waals surface area contributed by atoms with Gasteiger partial charge in [-0.15, -0.1) is 22.0 Å². The highest BCUT2D eigenvalue weighted by Crippen LogP contribution is 2.21. The lowest BCUT2D eigenvalue weighted by molar-refractivity contribution is 0.240. The molecule has 0 atom stereocenters. The molecule has 3 aromatic carbocycles. The summed E-state index contributed by atoms with van der Waals surface area (Å²) in [5, 5.41) is 8.48. The number of benzene rings is 3. The second-order valence-electron chi connectivity index (χ2n) is 9.27. The summed E-state index contributed by atoms with van der Waals surface area (Å²) >= 11 is 1.72. The van der Waals surface area contributed by atoms with Gasteiger partial charge in [-0.25, -0.2) is 0 Å². The smallest absolute Gasteiger partial charge is 0.247 e. The van der Waals surface area contributed by atoms with Gasteiger partial charge in [-0.1, -0.05) is 60.7 Å². The highest BCUT2D eigenvalue weighted by atomic mass is 32.2. The lowest BCUT2D eigenvalue weighted by atomic mass is 10.1. The molecule has 6 nitrogen and oxygen atoms in total. The third kappa shape index (κ3) is 9.35. The van der Waals surface area contributed by atoms with Crippen molar-refractivity contribution in [1.82, 2.24) is 20.0 Å². The van der Waals surface area contributed by atoms with Crippen LogP contribution in [0.15, 0.2) is 89.3 Å². The van der Waals surface area contributed by atoms with Crippen LogP contribution >= 0.6 is 11.8 Å². The number of hydrogen-bond acceptors (Lipinski definition) is 7. The van der Waals surface area contributed by atoms with Gasteiger partial charge in [-0.05, 0) is 62.5 Å². The number of nitrogens with zero attached hydrogens (tertiary/aromatic N) is 4. The minimum Gasteiger partial charge on any atom is -0.493 e. The maximum absolute atomic E-state index is 5.91. The monoisotopic (exact) mass is 516 g/mol. The molecule has 0 aliphatic rings. The van der Waals surface area contributed by atoms with Crippen LogP contribution in [-0.4, -0.2) is 59.5 Å². The van der Waals surface area contributed by atoms with Gasteiger partial charge in [0.05, 0.1) is 12.4 Å². The summed E-state index contributed by atoms with van der Waals surface area (Å²) < 4.78 is 11.6. The molecule has 0 aliphatic heterocycles. The molecule has 4 rings (SSSR count). The summed E-state index contributed by atoms with van der Waals surface area (Å²) in [6.07, 6.45) is 1.14. The highest BCUT2D eigenvalue weighted by molar-refractivity contribution is 7.98. The Morgan fingerprint density at radius 3 is 2.16 bits per heavy atom. The summed E-state index contributed by atoms with van der Waals surface area (Å²) in [6, 6.07) is 29.0. The third-order valence-electron chi connectivity index (χ3n) is 5.87. The Hall–Kier alpha value is -3.13. The Kier molecular flexibility index (Phi) is 10.6. The zero-order valence-electron chi connectivity index (χ0n) is 21.8. The molecule has 4 aromatic rings. The van der Waals surface area contributed by atoms with Crippen LogP contribution in [-0.2, 0) is 18.8 Å². The van der Waals surface area contributed by atoms with Crippen LogP contribution in [0.4, 0.5) is 0 Å². The summed E-state index contributed by atoms with van der Waals surface area (Å²) in [6.45, 7) is 4.63. The molecule has 0 N–H and O–H groups in total. The summed E-state index contributed by atoms with van der Waals surface area (Å²) in [5.74, 6) is 3.62. The lowest BCUT2D eigenvalue weighted by Crippen LogP contribution is -2.26. The Morgan fingerprint density at radius 2 is 1.46 bits per heavy atom. The van der Waals surface area contributed by atoms with E-state index in [-0.39, 0.29) is 0 Å². The molecule has 0 radical (unpaired) electrons. The first kappa shape index (κ1) is 26.9. The normalized spacial score (nSPS) is 11.4. The minimum atomic E-state index is 0.565. The summed E-state index contributed by atoms with van der Waals surface area (Å²) in [4.78, 5) is 4.75. The molecule has 0 bridgehead atoms. The van der Waals surface area contributed by atoms with E-state index in [2.05, 4.69) is 88.7 Å². The fourth-order valence-corrected chi connectivity index (χ4v) is 4.64. The van der Waals surface area contributed by atoms with Crippen LogP contribution in [0.25, 0.3) is 11.5 Å². The zero-order valence-corrected chi connectivity index (χ0v) is 22.6. The Morgan fingerprint density at radius 1 is 0.784 bits per heavy atom. The molecule has 0 saturated heterocycles. The fourth-order valence-electron chi connectivity index (χ4n) is 4.00. The van der Waals surface area contributed by atoms with E-state index in [1.165, 1.54) is 11.1 Å². The second-order valence-corrected chi connectivity index (χ2v) is 10.4. The molecule has 1 heterocycles. The topological polar surface area (TPSA) is 54.6 Å². The predicted molar refractivity (Wildman–Crippen MR) is 152 cm³/mol. The van der Waals surface area contributed by atoms with E-state index in [4.69, 9.17) is 9.15 Å². The van der Waals surface area contributed by atoms with Crippen molar-refractivity contribution in [3.8, 4) is 17.2 Å². The van der Waals surface area contributed by atoms with Gasteiger partial charge in [0, 0.05) is 31.0 Å². The maximum atomic E-state index is 5.91. The van der Waals surface area contributed by atoms with Gasteiger partial charge in [0.1, 0.15) is 5.75 Å². The van der Waals surface area contributed by atoms with E-state index >= 15 is 0 Å². The fraction of sp³-hybridized carbons (Fsp3) is 0.333. The Balaban J connectivity index is 1.27. The molecule has 194 valence electrons. The number of hydrogen-bond donors (Lipinski definition) is 0. The summed E-state index contributed by atoms with van der Waals surface area (Å²) in [7, 11) is 4.25. The van der Waals surface area contributed by atoms with Gasteiger partial charge in [0.2, 0.25) is 11.8 Å². The van der Waals surface area contributed by atoms with Crippen LogP contribution in [0, 0.1) is 0 Å². The molecule has 0 aliphatic carbocycles. The number of rotatable bonds is 15. The Labute approximate surface area is 224 Å². The van der Waals surface area contributed by atoms with Crippen LogP contribution < -0.4 is 4.74 Å². The third-order valence-corrected chi connectivity index (χ3v) is 6.77. The molecule has 0 spiro atoms. The van der Waals surface area contributed by atoms with Crippen molar-refractivity contribution in [2.75, 3.05) is 39.5 Å². The van der Waals surface area contributed by atoms with Crippen molar-refractivity contribution in [2.24, 2.45) is 0 Å². The Bertz CT molecular complexity index is 1170. The van der Waals surface area contributed by atoms with Gasteiger partial charge in [0.25, 0.3) is 0 Å². The van der Waals surface area contributed by atoms with Crippen LogP contribution in [0.1, 0.15) is 23.4 Å². The molecule has 7 heteroatoms. The first-order valence-electron chi connectivity index (χ1n) is 12.7. The van der Waals surface area contributed by atoms with Crippen LogP contribution in [0.5, 0.6) is 5.75 Å². The van der Waals surface area contributed by atoms with E-state index in [1.807, 2.05) is 30.3 Å². The molecule has 37 heavy (non-hydrogen) atoms. The van der Waals surface area contributed by atoms with Crippen molar-refractivity contribution in [2.45, 2.75) is 25.3 Å². The van der Waals surface area contributed by atoms with Gasteiger partial charge >= 0.3 is 0 Å². The quantitative estimate of drug-likeness (QED) is 0.180. The first-order chi connectivity index (χ1) is 18.2. The molecule has 0 amide bonds.